The van der Waals surface area contributed by atoms with Crippen molar-refractivity contribution in [3.05, 3.63) is 35.4 Å². The lowest BCUT2D eigenvalue weighted by Gasteiger charge is -2.23. The topological polar surface area (TPSA) is 48.9 Å². The summed E-state index contributed by atoms with van der Waals surface area (Å²) in [7, 11) is 3.97. The van der Waals surface area contributed by atoms with Crippen LogP contribution in [0.4, 0.5) is 0 Å². The van der Waals surface area contributed by atoms with Crippen molar-refractivity contribution in [2.45, 2.75) is 51.9 Å². The minimum Gasteiger partial charge on any atom is -0.376 e. The molecular formula is C19H33IN4O. The van der Waals surface area contributed by atoms with Gasteiger partial charge in [-0.3, -0.25) is 9.89 Å². The molecule has 0 bridgehead atoms. The third-order valence-electron chi connectivity index (χ3n) is 4.61. The molecule has 0 aliphatic carbocycles. The van der Waals surface area contributed by atoms with Crippen LogP contribution in [0.5, 0.6) is 0 Å². The lowest BCUT2D eigenvalue weighted by atomic mass is 10.1. The number of aliphatic imine (C=N–C) groups is 1. The van der Waals surface area contributed by atoms with Crippen molar-refractivity contribution < 1.29 is 4.74 Å². The number of nitrogens with zero attached hydrogens (tertiary/aromatic N) is 2. The largest absolute Gasteiger partial charge is 0.376 e. The summed E-state index contributed by atoms with van der Waals surface area (Å²) >= 11 is 0. The number of ether oxygens (including phenoxy) is 1. The fourth-order valence-electron chi connectivity index (χ4n) is 2.75. The highest BCUT2D eigenvalue weighted by atomic mass is 127. The summed E-state index contributed by atoms with van der Waals surface area (Å²) in [4.78, 5) is 6.66. The molecular weight excluding hydrogens is 427 g/mol. The molecule has 6 heteroatoms. The smallest absolute Gasteiger partial charge is 0.191 e. The normalized spacial score (nSPS) is 17.7. The molecule has 0 amide bonds. The molecule has 0 radical (unpaired) electrons. The maximum atomic E-state index is 5.65. The molecule has 2 rings (SSSR count). The molecule has 1 saturated heterocycles. The van der Waals surface area contributed by atoms with Crippen molar-refractivity contribution in [3.8, 4) is 0 Å². The first-order valence-electron chi connectivity index (χ1n) is 8.93. The fourth-order valence-corrected chi connectivity index (χ4v) is 2.75. The Kier molecular flexibility index (Phi) is 10.4. The first-order valence-corrected chi connectivity index (χ1v) is 8.93. The van der Waals surface area contributed by atoms with Gasteiger partial charge < -0.3 is 15.4 Å². The van der Waals surface area contributed by atoms with Crippen LogP contribution in [0.1, 0.15) is 37.8 Å². The van der Waals surface area contributed by atoms with Gasteiger partial charge in [-0.05, 0) is 44.9 Å². The summed E-state index contributed by atoms with van der Waals surface area (Å²) in [6.07, 6.45) is 2.61. The molecule has 2 N–H and O–H groups in total. The van der Waals surface area contributed by atoms with Gasteiger partial charge in [0.1, 0.15) is 0 Å². The Labute approximate surface area is 169 Å². The standard InChI is InChI=1S/C19H32N4O.HI/c1-15(2)23(4)14-17-9-6-5-8-16(17)12-21-19(20-3)22-13-18-10-7-11-24-18;/h5-6,8-9,15,18H,7,10-14H2,1-4H3,(H2,20,21,22);1H. The van der Waals surface area contributed by atoms with E-state index in [1.165, 1.54) is 11.1 Å². The van der Waals surface area contributed by atoms with E-state index in [0.717, 1.165) is 45.0 Å². The lowest BCUT2D eigenvalue weighted by Crippen LogP contribution is -2.40. The maximum absolute atomic E-state index is 5.65. The predicted molar refractivity (Wildman–Crippen MR) is 116 cm³/mol. The van der Waals surface area contributed by atoms with Crippen LogP contribution in [0, 0.1) is 0 Å². The van der Waals surface area contributed by atoms with Crippen LogP contribution in [0.3, 0.4) is 0 Å². The second kappa shape index (κ2) is 11.7. The summed E-state index contributed by atoms with van der Waals surface area (Å²) in [6, 6.07) is 9.13. The molecule has 1 unspecified atom stereocenters. The van der Waals surface area contributed by atoms with Crippen molar-refractivity contribution in [1.82, 2.24) is 15.5 Å². The first-order chi connectivity index (χ1) is 11.6. The van der Waals surface area contributed by atoms with Gasteiger partial charge in [-0.25, -0.2) is 0 Å². The molecule has 25 heavy (non-hydrogen) atoms. The van der Waals surface area contributed by atoms with E-state index in [2.05, 4.69) is 65.7 Å². The lowest BCUT2D eigenvalue weighted by molar-refractivity contribution is 0.114. The molecule has 0 spiro atoms. The van der Waals surface area contributed by atoms with Gasteiger partial charge in [0.05, 0.1) is 6.10 Å². The average Bonchev–Trinajstić information content (AvgIpc) is 3.09. The van der Waals surface area contributed by atoms with Crippen molar-refractivity contribution >= 4 is 29.9 Å². The zero-order valence-corrected chi connectivity index (χ0v) is 18.2. The summed E-state index contributed by atoms with van der Waals surface area (Å²) in [5.74, 6) is 0.831. The van der Waals surface area contributed by atoms with E-state index in [-0.39, 0.29) is 24.0 Å². The molecule has 0 saturated carbocycles. The van der Waals surface area contributed by atoms with Gasteiger partial charge in [-0.2, -0.15) is 0 Å². The maximum Gasteiger partial charge on any atom is 0.191 e. The number of guanidine groups is 1. The second-order valence-electron chi connectivity index (χ2n) is 6.72. The van der Waals surface area contributed by atoms with Crippen molar-refractivity contribution in [1.29, 1.82) is 0 Å². The molecule has 1 fully saturated rings. The Morgan fingerprint density at radius 1 is 1.28 bits per heavy atom. The minimum absolute atomic E-state index is 0. The number of hydrogen-bond donors (Lipinski definition) is 2. The van der Waals surface area contributed by atoms with Gasteiger partial charge in [-0.1, -0.05) is 24.3 Å². The highest BCUT2D eigenvalue weighted by Gasteiger charge is 2.15. The van der Waals surface area contributed by atoms with Gasteiger partial charge in [0, 0.05) is 39.3 Å². The van der Waals surface area contributed by atoms with E-state index in [4.69, 9.17) is 4.74 Å². The third kappa shape index (κ3) is 7.50. The van der Waals surface area contributed by atoms with Crippen molar-refractivity contribution in [2.75, 3.05) is 27.2 Å². The quantitative estimate of drug-likeness (QED) is 0.373. The summed E-state index contributed by atoms with van der Waals surface area (Å²) < 4.78 is 5.65. The Bertz CT molecular complexity index is 530. The number of halogens is 1. The van der Waals surface area contributed by atoms with Crippen LogP contribution >= 0.6 is 24.0 Å². The van der Waals surface area contributed by atoms with Crippen molar-refractivity contribution in [2.24, 2.45) is 4.99 Å². The Balaban J connectivity index is 0.00000312. The molecule has 142 valence electrons. The Morgan fingerprint density at radius 2 is 2.00 bits per heavy atom. The highest BCUT2D eigenvalue weighted by molar-refractivity contribution is 14.0. The molecule has 1 aromatic carbocycles. The van der Waals surface area contributed by atoms with Gasteiger partial charge in [0.15, 0.2) is 5.96 Å². The molecule has 1 aliphatic rings. The van der Waals surface area contributed by atoms with Gasteiger partial charge in [-0.15, -0.1) is 24.0 Å². The summed E-state index contributed by atoms with van der Waals surface area (Å²) in [6.45, 7) is 7.87. The molecule has 5 nitrogen and oxygen atoms in total. The molecule has 1 heterocycles. The number of benzene rings is 1. The van der Waals surface area contributed by atoms with E-state index >= 15 is 0 Å². The van der Waals surface area contributed by atoms with Crippen LogP contribution in [-0.2, 0) is 17.8 Å². The molecule has 1 atom stereocenters. The summed E-state index contributed by atoms with van der Waals surface area (Å²) in [5, 5.41) is 6.78. The van der Waals surface area contributed by atoms with Crippen LogP contribution in [0.15, 0.2) is 29.3 Å². The van der Waals surface area contributed by atoms with E-state index in [1.807, 2.05) is 7.05 Å². The molecule has 1 aliphatic heterocycles. The van der Waals surface area contributed by atoms with Gasteiger partial charge >= 0.3 is 0 Å². The second-order valence-corrected chi connectivity index (χ2v) is 6.72. The van der Waals surface area contributed by atoms with Crippen LogP contribution in [0.2, 0.25) is 0 Å². The van der Waals surface area contributed by atoms with E-state index in [1.54, 1.807) is 0 Å². The van der Waals surface area contributed by atoms with Crippen LogP contribution in [-0.4, -0.2) is 50.3 Å². The third-order valence-corrected chi connectivity index (χ3v) is 4.61. The van der Waals surface area contributed by atoms with Crippen molar-refractivity contribution in [3.63, 3.8) is 0 Å². The Morgan fingerprint density at radius 3 is 2.60 bits per heavy atom. The zero-order valence-electron chi connectivity index (χ0n) is 15.9. The first kappa shape index (κ1) is 22.2. The predicted octanol–water partition coefficient (Wildman–Crippen LogP) is 2.99. The molecule has 1 aromatic rings. The zero-order chi connectivity index (χ0) is 17.4. The SMILES string of the molecule is CN=C(NCc1ccccc1CN(C)C(C)C)NCC1CCCO1.I. The minimum atomic E-state index is 0. The van der Waals surface area contributed by atoms with E-state index < -0.39 is 0 Å². The number of rotatable bonds is 7. The monoisotopic (exact) mass is 460 g/mol. The fraction of sp³-hybridized carbons (Fsp3) is 0.632. The Hall–Kier alpha value is -0.860. The van der Waals surface area contributed by atoms with E-state index in [0.29, 0.717) is 12.1 Å². The average molecular weight is 460 g/mol. The number of hydrogen-bond acceptors (Lipinski definition) is 3. The van der Waals surface area contributed by atoms with Crippen LogP contribution in [0.25, 0.3) is 0 Å². The highest BCUT2D eigenvalue weighted by Crippen LogP contribution is 2.13. The summed E-state index contributed by atoms with van der Waals surface area (Å²) in [5.41, 5.74) is 2.67. The van der Waals surface area contributed by atoms with Gasteiger partial charge in [0.2, 0.25) is 0 Å². The van der Waals surface area contributed by atoms with Crippen LogP contribution < -0.4 is 10.6 Å². The van der Waals surface area contributed by atoms with Gasteiger partial charge in [0.25, 0.3) is 0 Å². The van der Waals surface area contributed by atoms with E-state index in [9.17, 15) is 0 Å². The molecule has 0 aromatic heterocycles. The number of nitrogens with one attached hydrogen (secondary N) is 2.